The van der Waals surface area contributed by atoms with Crippen molar-refractivity contribution in [2.75, 3.05) is 23.7 Å². The molecule has 0 fully saturated rings. The monoisotopic (exact) mass is 505 g/mol. The molecule has 0 aromatic heterocycles. The fraction of sp³-hybridized carbons (Fsp3) is 0.462. The Morgan fingerprint density at radius 3 is 2.31 bits per heavy atom. The van der Waals surface area contributed by atoms with E-state index in [0.717, 1.165) is 24.7 Å². The number of anilines is 1. The first kappa shape index (κ1) is 28.3. The summed E-state index contributed by atoms with van der Waals surface area (Å²) in [6, 6.07) is 12.4. The molecule has 2 aromatic rings. The normalized spacial score (nSPS) is 12.1. The van der Waals surface area contributed by atoms with E-state index >= 15 is 0 Å². The van der Waals surface area contributed by atoms with E-state index in [2.05, 4.69) is 5.32 Å². The van der Waals surface area contributed by atoms with Crippen LogP contribution in [0.4, 0.5) is 10.1 Å². The van der Waals surface area contributed by atoms with Crippen LogP contribution < -0.4 is 9.62 Å². The molecule has 2 aromatic carbocycles. The van der Waals surface area contributed by atoms with E-state index in [1.807, 2.05) is 26.0 Å². The van der Waals surface area contributed by atoms with Crippen molar-refractivity contribution in [1.29, 1.82) is 0 Å². The van der Waals surface area contributed by atoms with Crippen LogP contribution in [0, 0.1) is 12.7 Å². The van der Waals surface area contributed by atoms with Crippen LogP contribution in [0.5, 0.6) is 0 Å². The summed E-state index contributed by atoms with van der Waals surface area (Å²) in [7, 11) is -3.55. The SMILES string of the molecule is CCCCNC(=O)[C@@H](C)N(Cc1ccccc1F)C(=O)CCCN(c1ccc(C)cc1)S(C)(=O)=O. The van der Waals surface area contributed by atoms with Crippen LogP contribution in [0.1, 0.15) is 50.7 Å². The number of hydrogen-bond donors (Lipinski definition) is 1. The van der Waals surface area contributed by atoms with Crippen molar-refractivity contribution < 1.29 is 22.4 Å². The Kier molecular flexibility index (Phi) is 10.7. The lowest BCUT2D eigenvalue weighted by Gasteiger charge is -2.29. The molecule has 0 aliphatic rings. The van der Waals surface area contributed by atoms with Crippen molar-refractivity contribution in [2.24, 2.45) is 0 Å². The van der Waals surface area contributed by atoms with Crippen LogP contribution in [-0.2, 0) is 26.2 Å². The van der Waals surface area contributed by atoms with Crippen molar-refractivity contribution in [3.8, 4) is 0 Å². The third-order valence-electron chi connectivity index (χ3n) is 5.77. The zero-order valence-electron chi connectivity index (χ0n) is 21.0. The Labute approximate surface area is 208 Å². The van der Waals surface area contributed by atoms with Gasteiger partial charge in [0.1, 0.15) is 11.9 Å². The van der Waals surface area contributed by atoms with Gasteiger partial charge in [0.15, 0.2) is 0 Å². The molecule has 192 valence electrons. The van der Waals surface area contributed by atoms with Gasteiger partial charge in [0, 0.05) is 31.6 Å². The average Bonchev–Trinajstić information content (AvgIpc) is 2.81. The van der Waals surface area contributed by atoms with Gasteiger partial charge < -0.3 is 10.2 Å². The molecule has 2 rings (SSSR count). The summed E-state index contributed by atoms with van der Waals surface area (Å²) < 4.78 is 40.3. The largest absolute Gasteiger partial charge is 0.354 e. The Morgan fingerprint density at radius 1 is 1.06 bits per heavy atom. The molecule has 1 N–H and O–H groups in total. The smallest absolute Gasteiger partial charge is 0.242 e. The summed E-state index contributed by atoms with van der Waals surface area (Å²) in [6.07, 6.45) is 3.13. The highest BCUT2D eigenvalue weighted by atomic mass is 32.2. The highest BCUT2D eigenvalue weighted by molar-refractivity contribution is 7.92. The zero-order chi connectivity index (χ0) is 26.0. The van der Waals surface area contributed by atoms with Gasteiger partial charge in [-0.1, -0.05) is 49.2 Å². The van der Waals surface area contributed by atoms with E-state index in [9.17, 15) is 22.4 Å². The van der Waals surface area contributed by atoms with Gasteiger partial charge in [-0.15, -0.1) is 0 Å². The lowest BCUT2D eigenvalue weighted by Crippen LogP contribution is -2.48. The van der Waals surface area contributed by atoms with Crippen LogP contribution >= 0.6 is 0 Å². The summed E-state index contributed by atoms with van der Waals surface area (Å²) >= 11 is 0. The average molecular weight is 506 g/mol. The van der Waals surface area contributed by atoms with Gasteiger partial charge in [-0.05, 0) is 44.9 Å². The number of nitrogens with zero attached hydrogens (tertiary/aromatic N) is 2. The van der Waals surface area contributed by atoms with Crippen molar-refractivity contribution in [2.45, 2.75) is 59.0 Å². The number of unbranched alkanes of at least 4 members (excludes halogenated alkanes) is 1. The standard InChI is InChI=1S/C26H36FN3O4S/c1-5-6-17-28-26(32)21(3)29(19-22-10-7-8-11-24(22)27)25(31)12-9-18-30(35(4,33)34)23-15-13-20(2)14-16-23/h7-8,10-11,13-16,21H,5-6,9,12,17-19H2,1-4H3,(H,28,32)/t21-/m1/s1. The van der Waals surface area contributed by atoms with Crippen LogP contribution in [0.3, 0.4) is 0 Å². The quantitative estimate of drug-likeness (QED) is 0.417. The lowest BCUT2D eigenvalue weighted by molar-refractivity contribution is -0.140. The minimum absolute atomic E-state index is 0.0128. The van der Waals surface area contributed by atoms with E-state index in [0.29, 0.717) is 17.8 Å². The fourth-order valence-electron chi connectivity index (χ4n) is 3.64. The van der Waals surface area contributed by atoms with E-state index < -0.39 is 21.9 Å². The van der Waals surface area contributed by atoms with Crippen LogP contribution in [0.2, 0.25) is 0 Å². The maximum atomic E-state index is 14.3. The highest BCUT2D eigenvalue weighted by Crippen LogP contribution is 2.20. The van der Waals surface area contributed by atoms with Gasteiger partial charge in [-0.3, -0.25) is 13.9 Å². The number of sulfonamides is 1. The maximum absolute atomic E-state index is 14.3. The topological polar surface area (TPSA) is 86.8 Å². The number of carbonyl (C=O) groups excluding carboxylic acids is 2. The Morgan fingerprint density at radius 2 is 1.71 bits per heavy atom. The Bertz CT molecular complexity index is 1090. The first-order valence-corrected chi connectivity index (χ1v) is 13.7. The number of benzene rings is 2. The second kappa shape index (κ2) is 13.2. The Hall–Kier alpha value is -2.94. The second-order valence-corrected chi connectivity index (χ2v) is 10.6. The van der Waals surface area contributed by atoms with E-state index in [4.69, 9.17) is 0 Å². The summed E-state index contributed by atoms with van der Waals surface area (Å²) in [6.45, 7) is 6.10. The molecule has 0 unspecified atom stereocenters. The molecule has 1 atom stereocenters. The first-order valence-electron chi connectivity index (χ1n) is 11.9. The zero-order valence-corrected chi connectivity index (χ0v) is 21.8. The molecule has 0 radical (unpaired) electrons. The molecule has 9 heteroatoms. The van der Waals surface area contributed by atoms with Crippen molar-refractivity contribution >= 4 is 27.5 Å². The third-order valence-corrected chi connectivity index (χ3v) is 6.96. The Balaban J connectivity index is 2.14. The molecule has 0 saturated heterocycles. The predicted octanol–water partition coefficient (Wildman–Crippen LogP) is 4.01. The molecular weight excluding hydrogens is 469 g/mol. The molecule has 0 bridgehead atoms. The van der Waals surface area contributed by atoms with Gasteiger partial charge in [-0.25, -0.2) is 12.8 Å². The van der Waals surface area contributed by atoms with Gasteiger partial charge in [0.25, 0.3) is 0 Å². The number of amides is 2. The fourth-order valence-corrected chi connectivity index (χ4v) is 4.61. The van der Waals surface area contributed by atoms with Crippen LogP contribution in [-0.4, -0.2) is 50.5 Å². The second-order valence-electron chi connectivity index (χ2n) is 8.71. The van der Waals surface area contributed by atoms with E-state index in [-0.39, 0.29) is 37.7 Å². The lowest BCUT2D eigenvalue weighted by atomic mass is 10.1. The summed E-state index contributed by atoms with van der Waals surface area (Å²) in [5.41, 5.74) is 1.84. The van der Waals surface area contributed by atoms with E-state index in [1.54, 1.807) is 37.3 Å². The minimum Gasteiger partial charge on any atom is -0.354 e. The summed E-state index contributed by atoms with van der Waals surface area (Å²) in [4.78, 5) is 27.2. The molecule has 0 aliphatic carbocycles. The maximum Gasteiger partial charge on any atom is 0.242 e. The molecule has 0 heterocycles. The van der Waals surface area contributed by atoms with Crippen molar-refractivity contribution in [1.82, 2.24) is 10.2 Å². The molecule has 7 nitrogen and oxygen atoms in total. The molecular formula is C26H36FN3O4S. The van der Waals surface area contributed by atoms with Crippen LogP contribution in [0.25, 0.3) is 0 Å². The molecule has 0 aliphatic heterocycles. The van der Waals surface area contributed by atoms with Crippen LogP contribution in [0.15, 0.2) is 48.5 Å². The van der Waals surface area contributed by atoms with Crippen molar-refractivity contribution in [3.63, 3.8) is 0 Å². The molecule has 35 heavy (non-hydrogen) atoms. The van der Waals surface area contributed by atoms with Gasteiger partial charge in [-0.2, -0.15) is 0 Å². The number of nitrogens with one attached hydrogen (secondary N) is 1. The third kappa shape index (κ3) is 8.65. The highest BCUT2D eigenvalue weighted by Gasteiger charge is 2.27. The number of rotatable bonds is 13. The molecule has 0 spiro atoms. The van der Waals surface area contributed by atoms with Gasteiger partial charge in [0.05, 0.1) is 11.9 Å². The van der Waals surface area contributed by atoms with Crippen molar-refractivity contribution in [3.05, 3.63) is 65.5 Å². The number of hydrogen-bond acceptors (Lipinski definition) is 4. The van der Waals surface area contributed by atoms with E-state index in [1.165, 1.54) is 15.3 Å². The molecule has 2 amide bonds. The first-order chi connectivity index (χ1) is 16.5. The minimum atomic E-state index is -3.55. The number of halogens is 1. The summed E-state index contributed by atoms with van der Waals surface area (Å²) in [5, 5.41) is 2.83. The number of aryl methyl sites for hydroxylation is 1. The van der Waals surface area contributed by atoms with Gasteiger partial charge in [0.2, 0.25) is 21.8 Å². The summed E-state index contributed by atoms with van der Waals surface area (Å²) in [5.74, 6) is -1.10. The number of carbonyl (C=O) groups is 2. The van der Waals surface area contributed by atoms with Gasteiger partial charge >= 0.3 is 0 Å². The molecule has 0 saturated carbocycles. The predicted molar refractivity (Wildman–Crippen MR) is 137 cm³/mol.